The maximum absolute atomic E-state index is 11.0. The van der Waals surface area contributed by atoms with Gasteiger partial charge >= 0.3 is 5.97 Å². The predicted molar refractivity (Wildman–Crippen MR) is 67.6 cm³/mol. The summed E-state index contributed by atoms with van der Waals surface area (Å²) in [5.41, 5.74) is 1.16. The number of carboxylic acid groups (broad SMARTS) is 1. The Bertz CT molecular complexity index is 366. The number of nitrogens with zero attached hydrogens (tertiary/aromatic N) is 1. The van der Waals surface area contributed by atoms with E-state index in [0.717, 1.165) is 16.5 Å². The summed E-state index contributed by atoms with van der Waals surface area (Å²) in [5, 5.41) is 9.03. The van der Waals surface area contributed by atoms with Gasteiger partial charge in [0.05, 0.1) is 0 Å². The minimum atomic E-state index is -0.764. The molecular weight excluding hydrogens is 270 g/mol. The van der Waals surface area contributed by atoms with E-state index in [1.807, 2.05) is 24.3 Å². The molecule has 0 spiro atoms. The molecule has 4 heteroatoms. The van der Waals surface area contributed by atoms with Crippen molar-refractivity contribution in [2.24, 2.45) is 0 Å². The van der Waals surface area contributed by atoms with Gasteiger partial charge in [-0.2, -0.15) is 0 Å². The second-order valence-electron chi connectivity index (χ2n) is 3.99. The zero-order valence-electron chi connectivity index (χ0n) is 9.48. The minimum absolute atomic E-state index is 0.418. The molecule has 0 radical (unpaired) electrons. The Morgan fingerprint density at radius 2 is 2.19 bits per heavy atom. The molecule has 0 aliphatic heterocycles. The van der Waals surface area contributed by atoms with Crippen molar-refractivity contribution in [3.8, 4) is 0 Å². The summed E-state index contributed by atoms with van der Waals surface area (Å²) in [4.78, 5) is 12.7. The number of aryl methyl sites for hydroxylation is 1. The summed E-state index contributed by atoms with van der Waals surface area (Å²) >= 11 is 3.40. The quantitative estimate of drug-likeness (QED) is 0.903. The third kappa shape index (κ3) is 3.94. The lowest BCUT2D eigenvalue weighted by molar-refractivity contribution is -0.142. The molecule has 0 saturated carbocycles. The van der Waals surface area contributed by atoms with Gasteiger partial charge in [-0.1, -0.05) is 28.1 Å². The van der Waals surface area contributed by atoms with E-state index in [0.29, 0.717) is 6.42 Å². The molecule has 0 aromatic heterocycles. The summed E-state index contributed by atoms with van der Waals surface area (Å²) in [5.74, 6) is -0.764. The van der Waals surface area contributed by atoms with Crippen LogP contribution in [0.1, 0.15) is 12.0 Å². The van der Waals surface area contributed by atoms with Crippen LogP contribution in [0.5, 0.6) is 0 Å². The highest BCUT2D eigenvalue weighted by Crippen LogP contribution is 2.14. The average molecular weight is 286 g/mol. The summed E-state index contributed by atoms with van der Waals surface area (Å²) in [7, 11) is 3.58. The van der Waals surface area contributed by atoms with Crippen molar-refractivity contribution in [2.75, 3.05) is 14.1 Å². The number of benzene rings is 1. The molecule has 0 amide bonds. The topological polar surface area (TPSA) is 40.5 Å². The molecule has 1 aromatic carbocycles. The Hall–Kier alpha value is -0.870. The molecule has 1 N–H and O–H groups in total. The van der Waals surface area contributed by atoms with Crippen molar-refractivity contribution in [3.05, 3.63) is 34.3 Å². The van der Waals surface area contributed by atoms with Gasteiger partial charge in [0, 0.05) is 4.47 Å². The van der Waals surface area contributed by atoms with Crippen LogP contribution in [0.2, 0.25) is 0 Å². The standard InChI is InChI=1S/C12H16BrNO2/c1-14(2)11(12(15)16)7-6-9-4-3-5-10(13)8-9/h3-5,8,11H,6-7H2,1-2H3,(H,15,16). The predicted octanol–water partition coefficient (Wildman–Crippen LogP) is 2.40. The molecule has 3 nitrogen and oxygen atoms in total. The fraction of sp³-hybridized carbons (Fsp3) is 0.417. The van der Waals surface area contributed by atoms with Gasteiger partial charge in [-0.3, -0.25) is 9.69 Å². The van der Waals surface area contributed by atoms with E-state index in [2.05, 4.69) is 15.9 Å². The first kappa shape index (κ1) is 13.2. The first-order chi connectivity index (χ1) is 7.50. The van der Waals surface area contributed by atoms with E-state index in [9.17, 15) is 4.79 Å². The van der Waals surface area contributed by atoms with E-state index < -0.39 is 12.0 Å². The lowest BCUT2D eigenvalue weighted by Gasteiger charge is -2.19. The Morgan fingerprint density at radius 1 is 1.50 bits per heavy atom. The summed E-state index contributed by atoms with van der Waals surface area (Å²) in [6.45, 7) is 0. The fourth-order valence-corrected chi connectivity index (χ4v) is 2.05. The van der Waals surface area contributed by atoms with E-state index >= 15 is 0 Å². The first-order valence-corrected chi connectivity index (χ1v) is 5.93. The molecule has 1 rings (SSSR count). The highest BCUT2D eigenvalue weighted by molar-refractivity contribution is 9.10. The number of rotatable bonds is 5. The average Bonchev–Trinajstić information content (AvgIpc) is 2.16. The van der Waals surface area contributed by atoms with Crippen molar-refractivity contribution < 1.29 is 9.90 Å². The highest BCUT2D eigenvalue weighted by Gasteiger charge is 2.19. The van der Waals surface area contributed by atoms with Crippen LogP contribution in [-0.2, 0) is 11.2 Å². The SMILES string of the molecule is CN(C)C(CCc1cccc(Br)c1)C(=O)O. The molecule has 0 bridgehead atoms. The molecule has 1 aromatic rings. The van der Waals surface area contributed by atoms with Crippen LogP contribution in [0.3, 0.4) is 0 Å². The molecule has 88 valence electrons. The largest absolute Gasteiger partial charge is 0.480 e. The van der Waals surface area contributed by atoms with Crippen LogP contribution < -0.4 is 0 Å². The van der Waals surface area contributed by atoms with Crippen LogP contribution in [-0.4, -0.2) is 36.1 Å². The van der Waals surface area contributed by atoms with E-state index in [-0.39, 0.29) is 0 Å². The van der Waals surface area contributed by atoms with Crippen LogP contribution in [0.25, 0.3) is 0 Å². The number of likely N-dealkylation sites (N-methyl/N-ethyl adjacent to an activating group) is 1. The maximum atomic E-state index is 11.0. The molecule has 0 aliphatic carbocycles. The van der Waals surface area contributed by atoms with Gasteiger partial charge in [-0.15, -0.1) is 0 Å². The van der Waals surface area contributed by atoms with Crippen LogP contribution in [0.15, 0.2) is 28.7 Å². The molecule has 0 aliphatic rings. The molecule has 0 saturated heterocycles. The Balaban J connectivity index is 2.59. The number of hydrogen-bond acceptors (Lipinski definition) is 2. The van der Waals surface area contributed by atoms with Gasteiger partial charge in [-0.25, -0.2) is 0 Å². The van der Waals surface area contributed by atoms with Crippen molar-refractivity contribution in [2.45, 2.75) is 18.9 Å². The lowest BCUT2D eigenvalue weighted by Crippen LogP contribution is -2.35. The number of halogens is 1. The molecule has 1 atom stereocenters. The Kier molecular flexibility index (Phi) is 4.96. The molecule has 0 fully saturated rings. The monoisotopic (exact) mass is 285 g/mol. The highest BCUT2D eigenvalue weighted by atomic mass is 79.9. The van der Waals surface area contributed by atoms with Gasteiger partial charge in [0.1, 0.15) is 6.04 Å². The zero-order chi connectivity index (χ0) is 12.1. The van der Waals surface area contributed by atoms with Crippen LogP contribution >= 0.6 is 15.9 Å². The second-order valence-corrected chi connectivity index (χ2v) is 4.90. The second kappa shape index (κ2) is 6.01. The zero-order valence-corrected chi connectivity index (χ0v) is 11.1. The van der Waals surface area contributed by atoms with Crippen molar-refractivity contribution in [1.82, 2.24) is 4.90 Å². The van der Waals surface area contributed by atoms with Crippen molar-refractivity contribution in [3.63, 3.8) is 0 Å². The third-order valence-corrected chi connectivity index (χ3v) is 3.00. The summed E-state index contributed by atoms with van der Waals surface area (Å²) in [6.07, 6.45) is 1.40. The molecular formula is C12H16BrNO2. The number of aliphatic carboxylic acids is 1. The van der Waals surface area contributed by atoms with Crippen LogP contribution in [0.4, 0.5) is 0 Å². The number of carboxylic acids is 1. The van der Waals surface area contributed by atoms with Crippen molar-refractivity contribution in [1.29, 1.82) is 0 Å². The van der Waals surface area contributed by atoms with E-state index in [1.54, 1.807) is 19.0 Å². The lowest BCUT2D eigenvalue weighted by atomic mass is 10.0. The third-order valence-electron chi connectivity index (χ3n) is 2.50. The van der Waals surface area contributed by atoms with Gasteiger partial charge in [0.15, 0.2) is 0 Å². The van der Waals surface area contributed by atoms with Gasteiger partial charge in [-0.05, 0) is 44.6 Å². The summed E-state index contributed by atoms with van der Waals surface area (Å²) in [6, 6.07) is 7.54. The Labute approximate surface area is 104 Å². The van der Waals surface area contributed by atoms with Gasteiger partial charge < -0.3 is 5.11 Å². The first-order valence-electron chi connectivity index (χ1n) is 5.14. The number of hydrogen-bond donors (Lipinski definition) is 1. The minimum Gasteiger partial charge on any atom is -0.480 e. The van der Waals surface area contributed by atoms with E-state index in [1.165, 1.54) is 0 Å². The summed E-state index contributed by atoms with van der Waals surface area (Å²) < 4.78 is 1.03. The van der Waals surface area contributed by atoms with Crippen molar-refractivity contribution >= 4 is 21.9 Å². The Morgan fingerprint density at radius 3 is 2.69 bits per heavy atom. The van der Waals surface area contributed by atoms with E-state index in [4.69, 9.17) is 5.11 Å². The molecule has 1 unspecified atom stereocenters. The molecule has 16 heavy (non-hydrogen) atoms. The number of carbonyl (C=O) groups is 1. The van der Waals surface area contributed by atoms with Gasteiger partial charge in [0.2, 0.25) is 0 Å². The molecule has 0 heterocycles. The van der Waals surface area contributed by atoms with Gasteiger partial charge in [0.25, 0.3) is 0 Å². The fourth-order valence-electron chi connectivity index (χ4n) is 1.60. The normalized spacial score (nSPS) is 12.8. The maximum Gasteiger partial charge on any atom is 0.320 e. The van der Waals surface area contributed by atoms with Crippen LogP contribution in [0, 0.1) is 0 Å². The smallest absolute Gasteiger partial charge is 0.320 e.